The second-order valence-electron chi connectivity index (χ2n) is 9.57. The van der Waals surface area contributed by atoms with E-state index in [1.165, 1.54) is 13.8 Å². The molecule has 0 saturated carbocycles. The van der Waals surface area contributed by atoms with Crippen LogP contribution in [0, 0.1) is 20.8 Å². The summed E-state index contributed by atoms with van der Waals surface area (Å²) >= 11 is 0. The van der Waals surface area contributed by atoms with Crippen molar-refractivity contribution >= 4 is 27.7 Å². The van der Waals surface area contributed by atoms with Gasteiger partial charge in [0.15, 0.2) is 5.78 Å². The Bertz CT molecular complexity index is 1230. The molecule has 10 nitrogen and oxygen atoms in total. The van der Waals surface area contributed by atoms with Crippen LogP contribution in [0.15, 0.2) is 9.89 Å². The minimum atomic E-state index is -5.54. The van der Waals surface area contributed by atoms with Crippen LogP contribution in [-0.2, 0) is 30.9 Å². The second kappa shape index (κ2) is 11.4. The van der Waals surface area contributed by atoms with Gasteiger partial charge in [0, 0.05) is 6.54 Å². The first kappa shape index (κ1) is 31.3. The number of halogens is 4. The lowest BCUT2D eigenvalue weighted by molar-refractivity contribution is -0.215. The molecule has 15 heteroatoms. The Kier molecular flexibility index (Phi) is 9.41. The fraction of sp³-hybridized carbons (Fsp3) is 0.609. The van der Waals surface area contributed by atoms with Crippen LogP contribution in [0.5, 0.6) is 5.75 Å². The highest BCUT2D eigenvalue weighted by Gasteiger charge is 2.46. The van der Waals surface area contributed by atoms with Crippen molar-refractivity contribution in [3.05, 3.63) is 22.3 Å². The number of carbonyl (C=O) groups is 2. The minimum absolute atomic E-state index is 0.0118. The van der Waals surface area contributed by atoms with Crippen molar-refractivity contribution in [2.45, 2.75) is 83.0 Å². The molecule has 214 valence electrons. The summed E-state index contributed by atoms with van der Waals surface area (Å²) in [4.78, 5) is 30.4. The van der Waals surface area contributed by atoms with Gasteiger partial charge in [-0.3, -0.25) is 4.79 Å². The topological polar surface area (TPSA) is 154 Å². The second-order valence-corrected chi connectivity index (χ2v) is 11.3. The molecule has 0 bridgehead atoms. The molecular weight excluding hydrogens is 536 g/mol. The van der Waals surface area contributed by atoms with Crippen molar-refractivity contribution in [3.8, 4) is 5.75 Å². The molecule has 0 aliphatic carbocycles. The average Bonchev–Trinajstić information content (AvgIpc) is 2.81. The van der Waals surface area contributed by atoms with E-state index in [9.17, 15) is 35.6 Å². The summed E-state index contributed by atoms with van der Waals surface area (Å²) in [5.41, 5.74) is 12.1. The fourth-order valence-corrected chi connectivity index (χ4v) is 5.67. The van der Waals surface area contributed by atoms with E-state index in [2.05, 4.69) is 9.83 Å². The first-order valence-electron chi connectivity index (χ1n) is 11.7. The van der Waals surface area contributed by atoms with Crippen molar-refractivity contribution in [2.24, 2.45) is 16.5 Å². The number of hydrogen-bond donors (Lipinski definition) is 2. The Morgan fingerprint density at radius 1 is 1.18 bits per heavy atom. The lowest BCUT2D eigenvalue weighted by atomic mass is 9.88. The molecule has 0 amide bonds. The maximum absolute atomic E-state index is 13.7. The number of sulfonamides is 1. The molecule has 1 heterocycles. The van der Waals surface area contributed by atoms with Gasteiger partial charge in [-0.15, -0.1) is 0 Å². The number of hydrogen-bond acceptors (Lipinski definition) is 8. The number of Topliss-reactive ketones (excluding diaryl/α,β-unsaturated/α-hetero) is 1. The molecule has 38 heavy (non-hydrogen) atoms. The number of carbonyl (C=O) groups excluding carboxylic acids is 2. The molecule has 1 aliphatic rings. The standard InChI is InChI=1S/C23H32F4N4O6S/c1-12-13(2)19(14(3)15-8-9-22(4,5)36-18(12)15)38(34,35)31(37-20(33)23(25,26)27)21(29)30-10-6-7-16(28)17(32)11-24/h16H,6-11,28H2,1-5H3,(H2,29,30)/t16-/m0/s1. The summed E-state index contributed by atoms with van der Waals surface area (Å²) in [5.74, 6) is -4.26. The van der Waals surface area contributed by atoms with E-state index in [1.54, 1.807) is 6.92 Å². The Hall–Kier alpha value is -2.94. The average molecular weight is 569 g/mol. The van der Waals surface area contributed by atoms with Crippen LogP contribution < -0.4 is 16.2 Å². The van der Waals surface area contributed by atoms with Gasteiger partial charge in [0.25, 0.3) is 10.0 Å². The molecule has 0 fully saturated rings. The highest BCUT2D eigenvalue weighted by Crippen LogP contribution is 2.42. The third kappa shape index (κ3) is 6.73. The van der Waals surface area contributed by atoms with Gasteiger partial charge in [-0.25, -0.2) is 14.2 Å². The normalized spacial score (nSPS) is 16.3. The molecule has 4 N–H and O–H groups in total. The number of alkyl halides is 4. The number of nitrogens with two attached hydrogens (primary N) is 2. The van der Waals surface area contributed by atoms with Gasteiger partial charge in [0.1, 0.15) is 18.0 Å². The van der Waals surface area contributed by atoms with Crippen LogP contribution in [-0.4, -0.2) is 61.6 Å². The Balaban J connectivity index is 2.54. The molecule has 0 unspecified atom stereocenters. The summed E-state index contributed by atoms with van der Waals surface area (Å²) in [5, 5.41) is 0. The molecule has 0 aromatic heterocycles. The molecule has 2 rings (SSSR count). The van der Waals surface area contributed by atoms with E-state index in [-0.39, 0.29) is 35.0 Å². The van der Waals surface area contributed by atoms with Crippen molar-refractivity contribution in [1.82, 2.24) is 4.47 Å². The molecule has 1 aliphatic heterocycles. The van der Waals surface area contributed by atoms with E-state index >= 15 is 0 Å². The highest BCUT2D eigenvalue weighted by molar-refractivity contribution is 7.89. The number of rotatable bonds is 8. The molecule has 0 spiro atoms. The number of ketones is 1. The number of ether oxygens (including phenoxy) is 1. The van der Waals surface area contributed by atoms with Gasteiger partial charge in [0.2, 0.25) is 5.96 Å². The van der Waals surface area contributed by atoms with Gasteiger partial charge < -0.3 is 21.0 Å². The fourth-order valence-electron chi connectivity index (χ4n) is 3.99. The largest absolute Gasteiger partial charge is 0.493 e. The molecule has 0 radical (unpaired) electrons. The van der Waals surface area contributed by atoms with Gasteiger partial charge >= 0.3 is 12.1 Å². The van der Waals surface area contributed by atoms with Crippen LogP contribution >= 0.6 is 0 Å². The number of guanidine groups is 1. The maximum Gasteiger partial charge on any atom is 0.493 e. The van der Waals surface area contributed by atoms with Crippen molar-refractivity contribution in [1.29, 1.82) is 0 Å². The summed E-state index contributed by atoms with van der Waals surface area (Å²) < 4.78 is 84.6. The molecule has 1 atom stereocenters. The third-order valence-corrected chi connectivity index (χ3v) is 8.05. The summed E-state index contributed by atoms with van der Waals surface area (Å²) in [6, 6.07) is -1.14. The highest BCUT2D eigenvalue weighted by atomic mass is 32.2. The number of fused-ring (bicyclic) bond motifs is 1. The minimum Gasteiger partial charge on any atom is -0.487 e. The first-order valence-corrected chi connectivity index (χ1v) is 13.1. The zero-order valence-corrected chi connectivity index (χ0v) is 22.6. The molecule has 1 aromatic carbocycles. The predicted molar refractivity (Wildman–Crippen MR) is 130 cm³/mol. The first-order chi connectivity index (χ1) is 17.3. The van der Waals surface area contributed by atoms with E-state index in [1.807, 2.05) is 13.8 Å². The van der Waals surface area contributed by atoms with Crippen molar-refractivity contribution in [2.75, 3.05) is 13.2 Å². The summed E-state index contributed by atoms with van der Waals surface area (Å²) in [7, 11) is -5.02. The van der Waals surface area contributed by atoms with Crippen LogP contribution in [0.2, 0.25) is 0 Å². The SMILES string of the molecule is Cc1c(C)c(S(=O)(=O)N(OC(=O)C(F)(F)F)C(N)=NCCC[C@H](N)C(=O)CF)c(C)c2c1OC(C)(C)CC2. The molecular formula is C23H32F4N4O6S. The van der Waals surface area contributed by atoms with E-state index in [0.29, 0.717) is 29.7 Å². The molecule has 0 saturated heterocycles. The zero-order valence-electron chi connectivity index (χ0n) is 21.7. The predicted octanol–water partition coefficient (Wildman–Crippen LogP) is 2.69. The lowest BCUT2D eigenvalue weighted by Crippen LogP contribution is -2.46. The Morgan fingerprint density at radius 3 is 2.34 bits per heavy atom. The molecule has 1 aromatic rings. The Morgan fingerprint density at radius 2 is 1.79 bits per heavy atom. The monoisotopic (exact) mass is 568 g/mol. The van der Waals surface area contributed by atoms with Gasteiger partial charge in [-0.2, -0.15) is 21.6 Å². The van der Waals surface area contributed by atoms with E-state index in [0.717, 1.165) is 0 Å². The number of nitrogens with zero attached hydrogens (tertiary/aromatic N) is 2. The van der Waals surface area contributed by atoms with Crippen molar-refractivity contribution < 1.29 is 45.1 Å². The number of aliphatic imine (C=N–C) groups is 1. The lowest BCUT2D eigenvalue weighted by Gasteiger charge is -2.36. The van der Waals surface area contributed by atoms with Crippen LogP contribution in [0.25, 0.3) is 0 Å². The number of benzene rings is 1. The van der Waals surface area contributed by atoms with Crippen molar-refractivity contribution in [3.63, 3.8) is 0 Å². The van der Waals surface area contributed by atoms with Crippen LogP contribution in [0.1, 0.15) is 55.4 Å². The van der Waals surface area contributed by atoms with Gasteiger partial charge in [-0.05, 0) is 82.6 Å². The third-order valence-electron chi connectivity index (χ3n) is 6.22. The summed E-state index contributed by atoms with van der Waals surface area (Å²) in [6.45, 7) is 6.70. The smallest absolute Gasteiger partial charge is 0.487 e. The Labute approximate surface area is 218 Å². The number of hydroxylamine groups is 1. The van der Waals surface area contributed by atoms with E-state index < -0.39 is 57.1 Å². The van der Waals surface area contributed by atoms with Gasteiger partial charge in [0.05, 0.1) is 10.9 Å². The van der Waals surface area contributed by atoms with Gasteiger partial charge in [-0.1, -0.05) is 4.47 Å². The van der Waals surface area contributed by atoms with Crippen LogP contribution in [0.4, 0.5) is 17.6 Å². The zero-order chi connectivity index (χ0) is 29.2. The van der Waals surface area contributed by atoms with E-state index in [4.69, 9.17) is 16.2 Å². The maximum atomic E-state index is 13.7. The van der Waals surface area contributed by atoms with Crippen LogP contribution in [0.3, 0.4) is 0 Å². The summed E-state index contributed by atoms with van der Waals surface area (Å²) in [6.07, 6.45) is -4.60. The quantitative estimate of drug-likeness (QED) is 0.160.